The van der Waals surface area contributed by atoms with Gasteiger partial charge in [0, 0.05) is 18.0 Å². The Balaban J connectivity index is 2.50. The lowest BCUT2D eigenvalue weighted by Crippen LogP contribution is -2.38. The molecule has 0 aromatic heterocycles. The van der Waals surface area contributed by atoms with Gasteiger partial charge in [-0.1, -0.05) is 33.1 Å². The highest BCUT2D eigenvalue weighted by molar-refractivity contribution is 5.35. The minimum Gasteiger partial charge on any atom is -0.330 e. The number of benzene rings is 1. The minimum atomic E-state index is -0.445. The molecule has 0 bridgehead atoms. The molecule has 0 radical (unpaired) electrons. The van der Waals surface area contributed by atoms with Gasteiger partial charge in [0.2, 0.25) is 0 Å². The first-order chi connectivity index (χ1) is 9.00. The lowest BCUT2D eigenvalue weighted by Gasteiger charge is -2.37. The van der Waals surface area contributed by atoms with Crippen LogP contribution in [-0.4, -0.2) is 6.54 Å². The van der Waals surface area contributed by atoms with Crippen molar-refractivity contribution in [3.8, 4) is 0 Å². The van der Waals surface area contributed by atoms with Gasteiger partial charge in [-0.15, -0.1) is 0 Å². The maximum atomic E-state index is 14.2. The molecule has 0 saturated heterocycles. The number of halogens is 2. The first-order valence-electron chi connectivity index (χ1n) is 7.19. The van der Waals surface area contributed by atoms with Crippen molar-refractivity contribution in [3.05, 3.63) is 34.9 Å². The SMILES string of the molecule is CC(C)c1cc(C2(CN)CCCCC2)c(F)cc1F. The molecular formula is C16H23F2N. The maximum absolute atomic E-state index is 14.2. The molecule has 0 heterocycles. The van der Waals surface area contributed by atoms with Crippen LogP contribution in [0.4, 0.5) is 8.78 Å². The Morgan fingerprint density at radius 2 is 1.74 bits per heavy atom. The Bertz CT molecular complexity index is 448. The molecule has 2 N–H and O–H groups in total. The molecule has 0 spiro atoms. The topological polar surface area (TPSA) is 26.0 Å². The van der Waals surface area contributed by atoms with Crippen LogP contribution in [0.3, 0.4) is 0 Å². The fourth-order valence-electron chi connectivity index (χ4n) is 3.23. The first-order valence-corrected chi connectivity index (χ1v) is 7.19. The van der Waals surface area contributed by atoms with E-state index in [-0.39, 0.29) is 11.3 Å². The second-order valence-corrected chi connectivity index (χ2v) is 6.05. The number of nitrogens with two attached hydrogens (primary N) is 1. The summed E-state index contributed by atoms with van der Waals surface area (Å²) in [5.74, 6) is -0.828. The molecule has 2 rings (SSSR count). The molecule has 0 amide bonds. The standard InChI is InChI=1S/C16H23F2N/c1-11(2)12-8-13(15(18)9-14(12)17)16(10-19)6-4-3-5-7-16/h8-9,11H,3-7,10,19H2,1-2H3. The molecule has 19 heavy (non-hydrogen) atoms. The van der Waals surface area contributed by atoms with Crippen LogP contribution in [0.1, 0.15) is 63.0 Å². The van der Waals surface area contributed by atoms with E-state index in [4.69, 9.17) is 5.73 Å². The highest BCUT2D eigenvalue weighted by atomic mass is 19.1. The van der Waals surface area contributed by atoms with Gasteiger partial charge in [-0.3, -0.25) is 0 Å². The fraction of sp³-hybridized carbons (Fsp3) is 0.625. The second kappa shape index (κ2) is 5.58. The van der Waals surface area contributed by atoms with Gasteiger partial charge in [0.1, 0.15) is 11.6 Å². The lowest BCUT2D eigenvalue weighted by molar-refractivity contribution is 0.290. The maximum Gasteiger partial charge on any atom is 0.129 e. The summed E-state index contributed by atoms with van der Waals surface area (Å²) in [6.07, 6.45) is 5.14. The van der Waals surface area contributed by atoms with E-state index in [1.807, 2.05) is 13.8 Å². The van der Waals surface area contributed by atoms with E-state index in [1.165, 1.54) is 6.42 Å². The summed E-state index contributed by atoms with van der Waals surface area (Å²) in [5.41, 5.74) is 6.87. The van der Waals surface area contributed by atoms with Gasteiger partial charge in [-0.25, -0.2) is 8.78 Å². The quantitative estimate of drug-likeness (QED) is 0.870. The Kier molecular flexibility index (Phi) is 4.24. The van der Waals surface area contributed by atoms with Crippen molar-refractivity contribution in [2.45, 2.75) is 57.3 Å². The summed E-state index contributed by atoms with van der Waals surface area (Å²) in [6, 6.07) is 2.75. The van der Waals surface area contributed by atoms with Crippen LogP contribution in [0.2, 0.25) is 0 Å². The molecule has 3 heteroatoms. The average molecular weight is 267 g/mol. The van der Waals surface area contributed by atoms with Crippen LogP contribution in [0.15, 0.2) is 12.1 Å². The zero-order chi connectivity index (χ0) is 14.0. The zero-order valence-electron chi connectivity index (χ0n) is 11.8. The predicted molar refractivity (Wildman–Crippen MR) is 74.3 cm³/mol. The van der Waals surface area contributed by atoms with Gasteiger partial charge in [0.15, 0.2) is 0 Å². The number of hydrogen-bond donors (Lipinski definition) is 1. The molecule has 1 aromatic carbocycles. The van der Waals surface area contributed by atoms with Crippen molar-refractivity contribution in [3.63, 3.8) is 0 Å². The predicted octanol–water partition coefficient (Wildman–Crippen LogP) is 4.25. The molecule has 106 valence electrons. The summed E-state index contributed by atoms with van der Waals surface area (Å²) >= 11 is 0. The van der Waals surface area contributed by atoms with Crippen molar-refractivity contribution in [2.75, 3.05) is 6.54 Å². The fourth-order valence-corrected chi connectivity index (χ4v) is 3.23. The van der Waals surface area contributed by atoms with Gasteiger partial charge in [0.05, 0.1) is 0 Å². The highest BCUT2D eigenvalue weighted by Gasteiger charge is 2.35. The van der Waals surface area contributed by atoms with Crippen molar-refractivity contribution in [2.24, 2.45) is 5.73 Å². The van der Waals surface area contributed by atoms with E-state index in [0.717, 1.165) is 31.7 Å². The third-order valence-electron chi connectivity index (χ3n) is 4.48. The third kappa shape index (κ3) is 2.66. The van der Waals surface area contributed by atoms with Gasteiger partial charge in [-0.2, -0.15) is 0 Å². The normalized spacial score (nSPS) is 18.8. The van der Waals surface area contributed by atoms with Crippen LogP contribution in [0.5, 0.6) is 0 Å². The Hall–Kier alpha value is -0.960. The van der Waals surface area contributed by atoms with Crippen molar-refractivity contribution < 1.29 is 8.78 Å². The number of rotatable bonds is 3. The number of hydrogen-bond acceptors (Lipinski definition) is 1. The van der Waals surface area contributed by atoms with E-state index in [1.54, 1.807) is 6.07 Å². The van der Waals surface area contributed by atoms with E-state index in [9.17, 15) is 8.78 Å². The van der Waals surface area contributed by atoms with E-state index < -0.39 is 11.6 Å². The van der Waals surface area contributed by atoms with Crippen LogP contribution in [0.25, 0.3) is 0 Å². The molecule has 0 aliphatic heterocycles. The van der Waals surface area contributed by atoms with Crippen molar-refractivity contribution in [1.82, 2.24) is 0 Å². The Morgan fingerprint density at radius 1 is 1.11 bits per heavy atom. The Labute approximate surface area is 114 Å². The first kappa shape index (κ1) is 14.4. The monoisotopic (exact) mass is 267 g/mol. The van der Waals surface area contributed by atoms with E-state index >= 15 is 0 Å². The van der Waals surface area contributed by atoms with Crippen LogP contribution in [-0.2, 0) is 5.41 Å². The largest absolute Gasteiger partial charge is 0.330 e. The molecule has 1 aromatic rings. The minimum absolute atomic E-state index is 0.0535. The van der Waals surface area contributed by atoms with Crippen LogP contribution < -0.4 is 5.73 Å². The summed E-state index contributed by atoms with van der Waals surface area (Å²) < 4.78 is 28.0. The van der Waals surface area contributed by atoms with Crippen LogP contribution in [0, 0.1) is 11.6 Å². The molecule has 1 fully saturated rings. The summed E-state index contributed by atoms with van der Waals surface area (Å²) in [6.45, 7) is 4.29. The zero-order valence-corrected chi connectivity index (χ0v) is 11.8. The van der Waals surface area contributed by atoms with E-state index in [0.29, 0.717) is 17.7 Å². The van der Waals surface area contributed by atoms with Gasteiger partial charge >= 0.3 is 0 Å². The van der Waals surface area contributed by atoms with Crippen LogP contribution >= 0.6 is 0 Å². The summed E-state index contributed by atoms with van der Waals surface area (Å²) in [7, 11) is 0. The summed E-state index contributed by atoms with van der Waals surface area (Å²) in [5, 5.41) is 0. The van der Waals surface area contributed by atoms with Gasteiger partial charge in [0.25, 0.3) is 0 Å². The second-order valence-electron chi connectivity index (χ2n) is 6.05. The molecule has 1 nitrogen and oxygen atoms in total. The molecule has 0 atom stereocenters. The van der Waals surface area contributed by atoms with E-state index in [2.05, 4.69) is 0 Å². The van der Waals surface area contributed by atoms with Gasteiger partial charge in [-0.05, 0) is 36.0 Å². The molecule has 1 aliphatic carbocycles. The molecule has 1 aliphatic rings. The highest BCUT2D eigenvalue weighted by Crippen LogP contribution is 2.41. The van der Waals surface area contributed by atoms with Crippen molar-refractivity contribution in [1.29, 1.82) is 0 Å². The Morgan fingerprint density at radius 3 is 2.26 bits per heavy atom. The van der Waals surface area contributed by atoms with Crippen molar-refractivity contribution >= 4 is 0 Å². The molecular weight excluding hydrogens is 244 g/mol. The molecule has 1 saturated carbocycles. The lowest BCUT2D eigenvalue weighted by atomic mass is 9.69. The third-order valence-corrected chi connectivity index (χ3v) is 4.48. The molecule has 0 unspecified atom stereocenters. The summed E-state index contributed by atoms with van der Waals surface area (Å²) in [4.78, 5) is 0. The smallest absolute Gasteiger partial charge is 0.129 e. The van der Waals surface area contributed by atoms with Gasteiger partial charge < -0.3 is 5.73 Å². The average Bonchev–Trinajstić information content (AvgIpc) is 2.39.